The molecular formula is C21H20F2N4O. The quantitative estimate of drug-likeness (QED) is 0.748. The molecule has 3 aromatic rings. The van der Waals surface area contributed by atoms with Gasteiger partial charge in [0.25, 0.3) is 12.3 Å². The number of aromatic nitrogens is 2. The Morgan fingerprint density at radius 1 is 1.21 bits per heavy atom. The van der Waals surface area contributed by atoms with Crippen molar-refractivity contribution < 1.29 is 13.6 Å². The fourth-order valence-corrected chi connectivity index (χ4v) is 3.84. The fraction of sp³-hybridized carbons (Fsp3) is 0.286. The number of benzene rings is 2. The third kappa shape index (κ3) is 3.33. The zero-order chi connectivity index (χ0) is 19.7. The highest BCUT2D eigenvalue weighted by Gasteiger charge is 2.31. The number of likely N-dealkylation sites (tertiary alicyclic amines) is 1. The summed E-state index contributed by atoms with van der Waals surface area (Å²) in [5.41, 5.74) is 5.91. The number of hydrogen-bond donors (Lipinski definition) is 1. The summed E-state index contributed by atoms with van der Waals surface area (Å²) < 4.78 is 26.8. The van der Waals surface area contributed by atoms with Gasteiger partial charge in [-0.2, -0.15) is 0 Å². The fourth-order valence-electron chi connectivity index (χ4n) is 3.84. The molecule has 144 valence electrons. The third-order valence-corrected chi connectivity index (χ3v) is 5.23. The van der Waals surface area contributed by atoms with Gasteiger partial charge in [-0.3, -0.25) is 4.79 Å². The van der Waals surface area contributed by atoms with Crippen molar-refractivity contribution in [1.82, 2.24) is 14.9 Å². The molecule has 1 aliphatic rings. The molecule has 1 saturated heterocycles. The van der Waals surface area contributed by atoms with Crippen LogP contribution in [-0.2, 0) is 6.54 Å². The number of nitrogens with zero attached hydrogens (tertiary/aromatic N) is 3. The van der Waals surface area contributed by atoms with Crippen molar-refractivity contribution in [2.45, 2.75) is 25.3 Å². The number of carbonyl (C=O) groups is 1. The zero-order valence-corrected chi connectivity index (χ0v) is 15.2. The zero-order valence-electron chi connectivity index (χ0n) is 15.2. The van der Waals surface area contributed by atoms with Crippen LogP contribution in [-0.4, -0.2) is 33.9 Å². The highest BCUT2D eigenvalue weighted by atomic mass is 19.3. The molecule has 4 rings (SSSR count). The minimum absolute atomic E-state index is 0.0545. The highest BCUT2D eigenvalue weighted by Crippen LogP contribution is 2.33. The van der Waals surface area contributed by atoms with E-state index in [1.54, 1.807) is 4.90 Å². The second-order valence-electron chi connectivity index (χ2n) is 6.90. The van der Waals surface area contributed by atoms with E-state index >= 15 is 0 Å². The van der Waals surface area contributed by atoms with Gasteiger partial charge in [-0.05, 0) is 22.8 Å². The monoisotopic (exact) mass is 382 g/mol. The van der Waals surface area contributed by atoms with E-state index in [4.69, 9.17) is 5.73 Å². The van der Waals surface area contributed by atoms with Crippen molar-refractivity contribution >= 4 is 16.7 Å². The molecule has 0 spiro atoms. The van der Waals surface area contributed by atoms with Crippen molar-refractivity contribution in [2.75, 3.05) is 13.1 Å². The molecule has 0 radical (unpaired) electrons. The lowest BCUT2D eigenvalue weighted by molar-refractivity contribution is 0.0775. The Labute approximate surface area is 161 Å². The van der Waals surface area contributed by atoms with Crippen LogP contribution in [0.2, 0.25) is 0 Å². The maximum Gasteiger partial charge on any atom is 0.281 e. The van der Waals surface area contributed by atoms with Crippen LogP contribution in [0.1, 0.15) is 46.2 Å². The van der Waals surface area contributed by atoms with E-state index in [0.29, 0.717) is 13.1 Å². The molecule has 1 aliphatic heterocycles. The van der Waals surface area contributed by atoms with Crippen LogP contribution >= 0.6 is 0 Å². The van der Waals surface area contributed by atoms with Gasteiger partial charge in [0.15, 0.2) is 0 Å². The number of alkyl halides is 2. The van der Waals surface area contributed by atoms with Crippen molar-refractivity contribution in [3.8, 4) is 0 Å². The van der Waals surface area contributed by atoms with Crippen molar-refractivity contribution in [3.63, 3.8) is 0 Å². The molecule has 2 aromatic carbocycles. The Bertz CT molecular complexity index is 1020. The van der Waals surface area contributed by atoms with Gasteiger partial charge in [-0.1, -0.05) is 42.5 Å². The Morgan fingerprint density at radius 3 is 2.79 bits per heavy atom. The normalized spacial score (nSPS) is 16.9. The topological polar surface area (TPSA) is 72.1 Å². The van der Waals surface area contributed by atoms with Gasteiger partial charge < -0.3 is 10.6 Å². The first-order valence-corrected chi connectivity index (χ1v) is 9.19. The number of carbonyl (C=O) groups excluding carboxylic acids is 1. The van der Waals surface area contributed by atoms with E-state index in [0.717, 1.165) is 17.2 Å². The Balaban J connectivity index is 1.60. The summed E-state index contributed by atoms with van der Waals surface area (Å²) in [6, 6.07) is 14.3. The van der Waals surface area contributed by atoms with Crippen LogP contribution in [0, 0.1) is 0 Å². The molecule has 28 heavy (non-hydrogen) atoms. The molecular weight excluding hydrogens is 362 g/mol. The molecule has 0 bridgehead atoms. The standard InChI is InChI=1S/C21H20F2N4O/c22-20(23)19-17(11-25-18(10-24)26-19)21(28)27-9-8-14(12-27)16-7-3-5-13-4-1-2-6-15(13)16/h1-7,11,14,20H,8-10,12,24H2. The minimum atomic E-state index is -2.86. The van der Waals surface area contributed by atoms with Crippen molar-refractivity contribution in [3.05, 3.63) is 71.3 Å². The van der Waals surface area contributed by atoms with Crippen LogP contribution in [0.3, 0.4) is 0 Å². The molecule has 1 atom stereocenters. The number of rotatable bonds is 4. The van der Waals surface area contributed by atoms with Crippen LogP contribution in [0.5, 0.6) is 0 Å². The molecule has 2 heterocycles. The first-order valence-electron chi connectivity index (χ1n) is 9.19. The lowest BCUT2D eigenvalue weighted by atomic mass is 9.93. The van der Waals surface area contributed by atoms with Gasteiger partial charge >= 0.3 is 0 Å². The van der Waals surface area contributed by atoms with Crippen LogP contribution < -0.4 is 5.73 Å². The van der Waals surface area contributed by atoms with Gasteiger partial charge in [-0.25, -0.2) is 18.7 Å². The van der Waals surface area contributed by atoms with Crippen LogP contribution in [0.15, 0.2) is 48.7 Å². The molecule has 0 aliphatic carbocycles. The third-order valence-electron chi connectivity index (χ3n) is 5.23. The largest absolute Gasteiger partial charge is 0.338 e. The van der Waals surface area contributed by atoms with E-state index < -0.39 is 18.0 Å². The number of hydrogen-bond acceptors (Lipinski definition) is 4. The van der Waals surface area contributed by atoms with Crippen molar-refractivity contribution in [1.29, 1.82) is 0 Å². The maximum atomic E-state index is 13.4. The second-order valence-corrected chi connectivity index (χ2v) is 6.90. The first kappa shape index (κ1) is 18.4. The number of fused-ring (bicyclic) bond motifs is 1. The number of nitrogens with two attached hydrogens (primary N) is 1. The summed E-state index contributed by atoms with van der Waals surface area (Å²) in [6.45, 7) is 0.934. The average Bonchev–Trinajstić information content (AvgIpc) is 3.22. The van der Waals surface area contributed by atoms with Crippen LogP contribution in [0.25, 0.3) is 10.8 Å². The van der Waals surface area contributed by atoms with Gasteiger partial charge in [-0.15, -0.1) is 0 Å². The van der Waals surface area contributed by atoms with Crippen LogP contribution in [0.4, 0.5) is 8.78 Å². The molecule has 1 fully saturated rings. The predicted octanol–water partition coefficient (Wildman–Crippen LogP) is 3.66. The van der Waals surface area contributed by atoms with E-state index in [-0.39, 0.29) is 23.9 Å². The molecule has 1 amide bonds. The van der Waals surface area contributed by atoms with E-state index in [1.807, 2.05) is 18.2 Å². The lowest BCUT2D eigenvalue weighted by Gasteiger charge is -2.19. The summed E-state index contributed by atoms with van der Waals surface area (Å²) in [7, 11) is 0. The Morgan fingerprint density at radius 2 is 2.00 bits per heavy atom. The summed E-state index contributed by atoms with van der Waals surface area (Å²) in [5.74, 6) is -0.196. The molecule has 1 unspecified atom stereocenters. The summed E-state index contributed by atoms with van der Waals surface area (Å²) in [6.07, 6.45) is -0.904. The number of amides is 1. The smallest absolute Gasteiger partial charge is 0.281 e. The molecule has 1 aromatic heterocycles. The summed E-state index contributed by atoms with van der Waals surface area (Å²) in [4.78, 5) is 22.2. The van der Waals surface area contributed by atoms with E-state index in [2.05, 4.69) is 34.2 Å². The molecule has 0 saturated carbocycles. The maximum absolute atomic E-state index is 13.4. The summed E-state index contributed by atoms with van der Waals surface area (Å²) in [5, 5.41) is 2.31. The SMILES string of the molecule is NCc1ncc(C(=O)N2CCC(c3cccc4ccccc34)C2)c(C(F)F)n1. The lowest BCUT2D eigenvalue weighted by Crippen LogP contribution is -2.30. The van der Waals surface area contributed by atoms with Gasteiger partial charge in [0.1, 0.15) is 11.5 Å². The summed E-state index contributed by atoms with van der Waals surface area (Å²) >= 11 is 0. The number of halogens is 2. The molecule has 2 N–H and O–H groups in total. The van der Waals surface area contributed by atoms with Crippen molar-refractivity contribution in [2.24, 2.45) is 5.73 Å². The molecule has 5 nitrogen and oxygen atoms in total. The van der Waals surface area contributed by atoms with E-state index in [9.17, 15) is 13.6 Å². The Hall–Kier alpha value is -2.93. The van der Waals surface area contributed by atoms with Gasteiger partial charge in [0.2, 0.25) is 0 Å². The van der Waals surface area contributed by atoms with Gasteiger partial charge in [0.05, 0.1) is 12.1 Å². The first-order chi connectivity index (χ1) is 13.6. The highest BCUT2D eigenvalue weighted by molar-refractivity contribution is 5.95. The second kappa shape index (κ2) is 7.59. The molecule has 7 heteroatoms. The minimum Gasteiger partial charge on any atom is -0.338 e. The Kier molecular flexibility index (Phi) is 5.00. The average molecular weight is 382 g/mol. The van der Waals surface area contributed by atoms with E-state index in [1.165, 1.54) is 11.8 Å². The predicted molar refractivity (Wildman–Crippen MR) is 102 cm³/mol. The van der Waals surface area contributed by atoms with Gasteiger partial charge in [0, 0.05) is 25.2 Å².